The molecule has 1 fully saturated rings. The first-order valence-electron chi connectivity index (χ1n) is 5.69. The Bertz CT molecular complexity index is 279. The smallest absolute Gasteiger partial charge is 0.307 e. The summed E-state index contributed by atoms with van der Waals surface area (Å²) in [4.78, 5) is 11.3. The monoisotopic (exact) mass is 264 g/mol. The Hall–Kier alpha value is -0.210. The molecule has 0 aromatic carbocycles. The largest absolute Gasteiger partial charge is 0.481 e. The summed E-state index contributed by atoms with van der Waals surface area (Å²) in [6.07, 6.45) is 5.06. The summed E-state index contributed by atoms with van der Waals surface area (Å²) in [5.41, 5.74) is 0. The first-order chi connectivity index (χ1) is 7.43. The lowest BCUT2D eigenvalue weighted by atomic mass is 9.68. The maximum atomic E-state index is 11.3. The Labute approximate surface area is 107 Å². The van der Waals surface area contributed by atoms with Gasteiger partial charge in [0, 0.05) is 0 Å². The van der Waals surface area contributed by atoms with Gasteiger partial charge in [0.1, 0.15) is 4.49 Å². The van der Waals surface area contributed by atoms with Crippen LogP contribution in [-0.4, -0.2) is 11.1 Å². The summed E-state index contributed by atoms with van der Waals surface area (Å²) in [6, 6.07) is 0. The van der Waals surface area contributed by atoms with Gasteiger partial charge in [0.25, 0.3) is 0 Å². The molecule has 2 unspecified atom stereocenters. The molecule has 2 nitrogen and oxygen atoms in total. The molecule has 1 aliphatic carbocycles. The Morgan fingerprint density at radius 3 is 2.19 bits per heavy atom. The van der Waals surface area contributed by atoms with E-state index in [-0.39, 0.29) is 16.3 Å². The minimum absolute atomic E-state index is 0.0313. The van der Waals surface area contributed by atoms with Crippen LogP contribution >= 0.6 is 23.2 Å². The van der Waals surface area contributed by atoms with Crippen molar-refractivity contribution in [1.82, 2.24) is 0 Å². The van der Waals surface area contributed by atoms with Gasteiger partial charge in [-0.2, -0.15) is 0 Å². The van der Waals surface area contributed by atoms with Crippen LogP contribution in [0.3, 0.4) is 0 Å². The van der Waals surface area contributed by atoms with Crippen LogP contribution in [0.5, 0.6) is 0 Å². The highest BCUT2D eigenvalue weighted by Crippen LogP contribution is 2.41. The number of carbonyl (C=O) groups is 1. The quantitative estimate of drug-likeness (QED) is 0.813. The molecule has 0 amide bonds. The van der Waals surface area contributed by atoms with E-state index < -0.39 is 11.9 Å². The average Bonchev–Trinajstić information content (AvgIpc) is 1.96. The van der Waals surface area contributed by atoms with Crippen molar-refractivity contribution in [3.63, 3.8) is 0 Å². The van der Waals surface area contributed by atoms with E-state index >= 15 is 0 Å². The standard InChI is InChI=1S/C12H18Cl2O2/c1-7(2)11(12(15)16)9(6-10(13)14)8-4-3-5-8/h6-9,11H,3-5H2,1-2H3,(H,15,16). The van der Waals surface area contributed by atoms with Crippen molar-refractivity contribution in [2.24, 2.45) is 23.7 Å². The average molecular weight is 265 g/mol. The van der Waals surface area contributed by atoms with Gasteiger partial charge in [-0.25, -0.2) is 0 Å². The van der Waals surface area contributed by atoms with Crippen molar-refractivity contribution >= 4 is 29.2 Å². The molecule has 16 heavy (non-hydrogen) atoms. The lowest BCUT2D eigenvalue weighted by molar-refractivity contribution is -0.146. The summed E-state index contributed by atoms with van der Waals surface area (Å²) in [5.74, 6) is -0.658. The third-order valence-electron chi connectivity index (χ3n) is 3.43. The van der Waals surface area contributed by atoms with Crippen LogP contribution in [0.25, 0.3) is 0 Å². The normalized spacial score (nSPS) is 20.1. The van der Waals surface area contributed by atoms with E-state index in [1.165, 1.54) is 6.42 Å². The maximum Gasteiger partial charge on any atom is 0.307 e. The number of allylic oxidation sites excluding steroid dienone is 1. The highest BCUT2D eigenvalue weighted by atomic mass is 35.5. The SMILES string of the molecule is CC(C)C(C(=O)O)C(C=C(Cl)Cl)C1CCC1. The van der Waals surface area contributed by atoms with Crippen LogP contribution < -0.4 is 0 Å². The molecule has 1 rings (SSSR count). The molecule has 92 valence electrons. The fraction of sp³-hybridized carbons (Fsp3) is 0.750. The van der Waals surface area contributed by atoms with Gasteiger partial charge in [0.15, 0.2) is 0 Å². The van der Waals surface area contributed by atoms with Crippen molar-refractivity contribution in [3.05, 3.63) is 10.6 Å². The Morgan fingerprint density at radius 1 is 1.38 bits per heavy atom. The second-order valence-corrected chi connectivity index (χ2v) is 5.84. The molecule has 0 radical (unpaired) electrons. The molecule has 0 aromatic rings. The first-order valence-corrected chi connectivity index (χ1v) is 6.44. The van der Waals surface area contributed by atoms with Gasteiger partial charge in [0.2, 0.25) is 0 Å². The van der Waals surface area contributed by atoms with E-state index in [1.54, 1.807) is 6.08 Å². The highest BCUT2D eigenvalue weighted by Gasteiger charge is 2.37. The molecule has 0 bridgehead atoms. The van der Waals surface area contributed by atoms with Crippen LogP contribution in [0.2, 0.25) is 0 Å². The van der Waals surface area contributed by atoms with E-state index in [4.69, 9.17) is 23.2 Å². The zero-order valence-electron chi connectivity index (χ0n) is 9.62. The van der Waals surface area contributed by atoms with Crippen molar-refractivity contribution in [2.75, 3.05) is 0 Å². The molecule has 0 heterocycles. The highest BCUT2D eigenvalue weighted by molar-refractivity contribution is 6.55. The number of hydrogen-bond acceptors (Lipinski definition) is 1. The molecular formula is C12H18Cl2O2. The van der Waals surface area contributed by atoms with Gasteiger partial charge in [-0.05, 0) is 36.7 Å². The summed E-state index contributed by atoms with van der Waals surface area (Å²) < 4.78 is 0.184. The minimum Gasteiger partial charge on any atom is -0.481 e. The van der Waals surface area contributed by atoms with E-state index in [9.17, 15) is 9.90 Å². The minimum atomic E-state index is -0.752. The van der Waals surface area contributed by atoms with Crippen molar-refractivity contribution in [1.29, 1.82) is 0 Å². The summed E-state index contributed by atoms with van der Waals surface area (Å²) in [6.45, 7) is 3.86. The number of aliphatic carboxylic acids is 1. The van der Waals surface area contributed by atoms with Gasteiger partial charge < -0.3 is 5.11 Å². The third kappa shape index (κ3) is 3.39. The second-order valence-electron chi connectivity index (χ2n) is 4.83. The summed E-state index contributed by atoms with van der Waals surface area (Å²) in [7, 11) is 0. The lowest BCUT2D eigenvalue weighted by Crippen LogP contribution is -2.35. The van der Waals surface area contributed by atoms with Crippen molar-refractivity contribution in [2.45, 2.75) is 33.1 Å². The fourth-order valence-corrected chi connectivity index (χ4v) is 2.69. The topological polar surface area (TPSA) is 37.3 Å². The van der Waals surface area contributed by atoms with E-state index in [1.807, 2.05) is 13.8 Å². The van der Waals surface area contributed by atoms with Crippen LogP contribution in [0.15, 0.2) is 10.6 Å². The Balaban J connectivity index is 2.87. The predicted molar refractivity (Wildman–Crippen MR) is 66.6 cm³/mol. The van der Waals surface area contributed by atoms with E-state index in [2.05, 4.69) is 0 Å². The van der Waals surface area contributed by atoms with E-state index in [0.717, 1.165) is 12.8 Å². The fourth-order valence-electron chi connectivity index (χ4n) is 2.40. The molecule has 2 atom stereocenters. The van der Waals surface area contributed by atoms with Crippen molar-refractivity contribution in [3.8, 4) is 0 Å². The number of carboxylic acid groups (broad SMARTS) is 1. The number of halogens is 2. The Morgan fingerprint density at radius 2 is 1.94 bits per heavy atom. The lowest BCUT2D eigenvalue weighted by Gasteiger charge is -2.37. The zero-order valence-corrected chi connectivity index (χ0v) is 11.1. The molecule has 1 aliphatic rings. The second kappa shape index (κ2) is 5.92. The molecule has 1 saturated carbocycles. The predicted octanol–water partition coefficient (Wildman–Crippen LogP) is 4.08. The number of carboxylic acids is 1. The summed E-state index contributed by atoms with van der Waals surface area (Å²) >= 11 is 11.4. The van der Waals surface area contributed by atoms with Gasteiger partial charge in [0.05, 0.1) is 5.92 Å². The van der Waals surface area contributed by atoms with Crippen LogP contribution in [0.4, 0.5) is 0 Å². The van der Waals surface area contributed by atoms with Gasteiger partial charge in [-0.3, -0.25) is 4.79 Å². The Kier molecular flexibility index (Phi) is 5.13. The van der Waals surface area contributed by atoms with Gasteiger partial charge in [-0.1, -0.05) is 43.5 Å². The van der Waals surface area contributed by atoms with Gasteiger partial charge in [-0.15, -0.1) is 0 Å². The maximum absolute atomic E-state index is 11.3. The van der Waals surface area contributed by atoms with Gasteiger partial charge >= 0.3 is 5.97 Å². The molecule has 0 spiro atoms. The van der Waals surface area contributed by atoms with Crippen LogP contribution in [-0.2, 0) is 4.79 Å². The number of hydrogen-bond donors (Lipinski definition) is 1. The zero-order chi connectivity index (χ0) is 12.3. The molecular weight excluding hydrogens is 247 g/mol. The molecule has 1 N–H and O–H groups in total. The third-order valence-corrected chi connectivity index (χ3v) is 3.68. The number of rotatable bonds is 5. The van der Waals surface area contributed by atoms with Crippen molar-refractivity contribution < 1.29 is 9.90 Å². The first kappa shape index (κ1) is 13.9. The summed E-state index contributed by atoms with van der Waals surface area (Å²) in [5, 5.41) is 9.28. The van der Waals surface area contributed by atoms with Crippen LogP contribution in [0.1, 0.15) is 33.1 Å². The molecule has 0 aliphatic heterocycles. The molecule has 0 saturated heterocycles. The van der Waals surface area contributed by atoms with Crippen LogP contribution in [0, 0.1) is 23.7 Å². The molecule has 0 aromatic heterocycles. The van der Waals surface area contributed by atoms with E-state index in [0.29, 0.717) is 5.92 Å². The molecule has 4 heteroatoms.